The highest BCUT2D eigenvalue weighted by Gasteiger charge is 2.20. The Morgan fingerprint density at radius 1 is 0.979 bits per heavy atom. The number of carbonyl (C=O) groups excluding carboxylic acids is 3. The zero-order valence-electron chi connectivity index (χ0n) is 28.3. The van der Waals surface area contributed by atoms with Crippen LogP contribution in [0.1, 0.15) is 48.8 Å². The number of hydrogen-bond donors (Lipinski definition) is 3. The second kappa shape index (κ2) is 17.7. The van der Waals surface area contributed by atoms with E-state index in [9.17, 15) is 14.4 Å². The van der Waals surface area contributed by atoms with Crippen molar-refractivity contribution in [2.45, 2.75) is 45.8 Å². The van der Waals surface area contributed by atoms with E-state index in [1.54, 1.807) is 69.0 Å². The number of nitrogens with zero attached hydrogens (tertiary/aromatic N) is 3. The Morgan fingerprint density at radius 2 is 1.69 bits per heavy atom. The number of nitrogens with one attached hydrogen (secondary N) is 3. The standard InChI is InChI=1S/C34H46N6O7S/c1-34(2,3)47-33(43)38-28-23-48-22-27(28)37-31(41)26-9-7-25(20-36-26)21-40(14-6-13-39-15-17-46-18-16-39)32(42)35-12-11-24-8-10-29(44-4)30(19-24)45-5/h7-10,19-20,22-23H,6,11-18,21H2,1-5H3,(H,35,42)(H,37,41)(H,38,43). The number of ether oxygens (including phenoxy) is 4. The first-order valence-electron chi connectivity index (χ1n) is 15.9. The fourth-order valence-corrected chi connectivity index (χ4v) is 5.70. The van der Waals surface area contributed by atoms with Crippen molar-refractivity contribution in [2.75, 3.05) is 70.8 Å². The summed E-state index contributed by atoms with van der Waals surface area (Å²) < 4.78 is 21.5. The largest absolute Gasteiger partial charge is 0.493 e. The lowest BCUT2D eigenvalue weighted by Crippen LogP contribution is -2.42. The highest BCUT2D eigenvalue weighted by molar-refractivity contribution is 7.09. The van der Waals surface area contributed by atoms with Crippen LogP contribution in [0.2, 0.25) is 0 Å². The van der Waals surface area contributed by atoms with Crippen LogP contribution < -0.4 is 25.4 Å². The highest BCUT2D eigenvalue weighted by Crippen LogP contribution is 2.28. The number of carbonyl (C=O) groups is 3. The third-order valence-electron chi connectivity index (χ3n) is 7.41. The van der Waals surface area contributed by atoms with Crippen molar-refractivity contribution in [1.82, 2.24) is 20.1 Å². The Bertz CT molecular complexity index is 1500. The minimum atomic E-state index is -0.653. The van der Waals surface area contributed by atoms with Crippen LogP contribution in [0.15, 0.2) is 47.3 Å². The molecule has 3 N–H and O–H groups in total. The molecule has 1 aromatic carbocycles. The summed E-state index contributed by atoms with van der Waals surface area (Å²) in [5.41, 5.74) is 2.23. The molecule has 13 nitrogen and oxygen atoms in total. The molecule has 14 heteroatoms. The number of hydrogen-bond acceptors (Lipinski definition) is 10. The molecule has 0 unspecified atom stereocenters. The van der Waals surface area contributed by atoms with Gasteiger partial charge < -0.3 is 34.5 Å². The van der Waals surface area contributed by atoms with Crippen molar-refractivity contribution in [2.24, 2.45) is 0 Å². The minimum Gasteiger partial charge on any atom is -0.493 e. The number of methoxy groups -OCH3 is 2. The van der Waals surface area contributed by atoms with Crippen molar-refractivity contribution in [3.05, 3.63) is 64.1 Å². The van der Waals surface area contributed by atoms with E-state index in [4.69, 9.17) is 18.9 Å². The average Bonchev–Trinajstić information content (AvgIpc) is 3.49. The van der Waals surface area contributed by atoms with Crippen LogP contribution in [0.3, 0.4) is 0 Å². The molecule has 2 aromatic heterocycles. The van der Waals surface area contributed by atoms with E-state index in [1.165, 1.54) is 11.3 Å². The van der Waals surface area contributed by atoms with E-state index in [1.807, 2.05) is 18.2 Å². The Hall–Kier alpha value is -4.40. The van der Waals surface area contributed by atoms with Crippen LogP contribution in [-0.2, 0) is 22.4 Å². The predicted octanol–water partition coefficient (Wildman–Crippen LogP) is 5.24. The molecule has 3 aromatic rings. The molecule has 0 atom stereocenters. The molecule has 1 fully saturated rings. The lowest BCUT2D eigenvalue weighted by molar-refractivity contribution is 0.0364. The van der Waals surface area contributed by atoms with E-state index in [0.717, 1.165) is 50.4 Å². The van der Waals surface area contributed by atoms with E-state index >= 15 is 0 Å². The topological polar surface area (TPSA) is 144 Å². The molecule has 0 aliphatic carbocycles. The number of urea groups is 1. The van der Waals surface area contributed by atoms with Gasteiger partial charge in [0.05, 0.1) is 38.8 Å². The Kier molecular flexibility index (Phi) is 13.4. The van der Waals surface area contributed by atoms with Crippen LogP contribution in [0.5, 0.6) is 11.5 Å². The number of morpholine rings is 1. The van der Waals surface area contributed by atoms with Crippen LogP contribution in [0.25, 0.3) is 0 Å². The summed E-state index contributed by atoms with van der Waals surface area (Å²) in [5.74, 6) is 0.867. The summed E-state index contributed by atoms with van der Waals surface area (Å²) in [7, 11) is 3.19. The van der Waals surface area contributed by atoms with E-state index in [0.29, 0.717) is 48.9 Å². The Balaban J connectivity index is 1.35. The molecule has 0 bridgehead atoms. The van der Waals surface area contributed by atoms with Crippen LogP contribution in [0.4, 0.5) is 21.0 Å². The van der Waals surface area contributed by atoms with E-state index in [2.05, 4.69) is 25.8 Å². The number of rotatable bonds is 14. The summed E-state index contributed by atoms with van der Waals surface area (Å²) in [4.78, 5) is 47.1. The monoisotopic (exact) mass is 682 g/mol. The van der Waals surface area contributed by atoms with Crippen molar-refractivity contribution in [3.63, 3.8) is 0 Å². The minimum absolute atomic E-state index is 0.179. The normalized spacial score (nSPS) is 13.4. The maximum absolute atomic E-state index is 13.4. The summed E-state index contributed by atoms with van der Waals surface area (Å²) >= 11 is 1.33. The maximum atomic E-state index is 13.4. The van der Waals surface area contributed by atoms with Crippen molar-refractivity contribution in [1.29, 1.82) is 0 Å². The molecular formula is C34H46N6O7S. The molecule has 1 aliphatic rings. The van der Waals surface area contributed by atoms with Crippen LogP contribution in [-0.4, -0.2) is 98.6 Å². The average molecular weight is 683 g/mol. The molecule has 48 heavy (non-hydrogen) atoms. The third-order valence-corrected chi connectivity index (χ3v) is 8.15. The SMILES string of the molecule is COc1ccc(CCNC(=O)N(CCCN2CCOCC2)Cc2ccc(C(=O)Nc3cscc3NC(=O)OC(C)(C)C)nc2)cc1OC. The van der Waals surface area contributed by atoms with E-state index in [-0.39, 0.29) is 11.7 Å². The summed E-state index contributed by atoms with van der Waals surface area (Å²) in [6, 6.07) is 8.95. The van der Waals surface area contributed by atoms with Crippen LogP contribution >= 0.6 is 11.3 Å². The van der Waals surface area contributed by atoms with Gasteiger partial charge in [0, 0.05) is 56.2 Å². The van der Waals surface area contributed by atoms with Gasteiger partial charge in [0.2, 0.25) is 0 Å². The predicted molar refractivity (Wildman–Crippen MR) is 185 cm³/mol. The Labute approximate surface area is 285 Å². The number of pyridine rings is 1. The second-order valence-electron chi connectivity index (χ2n) is 12.2. The first kappa shape index (κ1) is 36.4. The first-order valence-corrected chi connectivity index (χ1v) is 16.8. The summed E-state index contributed by atoms with van der Waals surface area (Å²) in [6.45, 7) is 10.7. The van der Waals surface area contributed by atoms with Crippen molar-refractivity contribution < 1.29 is 33.3 Å². The molecule has 1 saturated heterocycles. The van der Waals surface area contributed by atoms with Crippen LogP contribution in [0, 0.1) is 0 Å². The van der Waals surface area contributed by atoms with Gasteiger partial charge in [0.15, 0.2) is 11.5 Å². The summed E-state index contributed by atoms with van der Waals surface area (Å²) in [5, 5.41) is 11.9. The molecule has 0 saturated carbocycles. The smallest absolute Gasteiger partial charge is 0.412 e. The molecule has 260 valence electrons. The molecule has 4 rings (SSSR count). The maximum Gasteiger partial charge on any atom is 0.412 e. The molecule has 0 radical (unpaired) electrons. The van der Waals surface area contributed by atoms with Gasteiger partial charge in [-0.2, -0.15) is 0 Å². The van der Waals surface area contributed by atoms with E-state index < -0.39 is 17.6 Å². The van der Waals surface area contributed by atoms with Gasteiger partial charge in [0.25, 0.3) is 5.91 Å². The first-order chi connectivity index (χ1) is 23.0. The fraction of sp³-hybridized carbons (Fsp3) is 0.471. The number of thiophene rings is 1. The van der Waals surface area contributed by atoms with Gasteiger partial charge >= 0.3 is 12.1 Å². The highest BCUT2D eigenvalue weighted by atomic mass is 32.1. The lowest BCUT2D eigenvalue weighted by atomic mass is 10.1. The number of benzene rings is 1. The van der Waals surface area contributed by atoms with Gasteiger partial charge in [0.1, 0.15) is 11.3 Å². The van der Waals surface area contributed by atoms with Gasteiger partial charge in [-0.05, 0) is 62.9 Å². The van der Waals surface area contributed by atoms with Crippen molar-refractivity contribution >= 4 is 40.7 Å². The molecule has 4 amide bonds. The number of amides is 4. The second-order valence-corrected chi connectivity index (χ2v) is 13.0. The lowest BCUT2D eigenvalue weighted by Gasteiger charge is -2.28. The molecule has 1 aliphatic heterocycles. The number of aromatic nitrogens is 1. The van der Waals surface area contributed by atoms with Gasteiger partial charge in [-0.15, -0.1) is 11.3 Å². The fourth-order valence-electron chi connectivity index (χ4n) is 4.99. The zero-order chi connectivity index (χ0) is 34.5. The Morgan fingerprint density at radius 3 is 2.35 bits per heavy atom. The number of anilines is 2. The zero-order valence-corrected chi connectivity index (χ0v) is 29.1. The third kappa shape index (κ3) is 11.4. The molecular weight excluding hydrogens is 636 g/mol. The van der Waals surface area contributed by atoms with Crippen molar-refractivity contribution in [3.8, 4) is 11.5 Å². The summed E-state index contributed by atoms with van der Waals surface area (Å²) in [6.07, 6.45) is 2.42. The van der Waals surface area contributed by atoms with Gasteiger partial charge in [-0.3, -0.25) is 20.0 Å². The molecule has 3 heterocycles. The van der Waals surface area contributed by atoms with Gasteiger partial charge in [-0.1, -0.05) is 12.1 Å². The quantitative estimate of drug-likeness (QED) is 0.208. The van der Waals surface area contributed by atoms with Gasteiger partial charge in [-0.25, -0.2) is 9.59 Å². The molecule has 0 spiro atoms.